The first kappa shape index (κ1) is 18.4. The van der Waals surface area contributed by atoms with Crippen LogP contribution in [-0.4, -0.2) is 37.2 Å². The molecule has 0 spiro atoms. The first-order chi connectivity index (χ1) is 11.9. The van der Waals surface area contributed by atoms with Crippen LogP contribution in [0.3, 0.4) is 0 Å². The second-order valence-corrected chi connectivity index (χ2v) is 9.09. The van der Waals surface area contributed by atoms with Crippen molar-refractivity contribution in [2.75, 3.05) is 12.4 Å². The van der Waals surface area contributed by atoms with E-state index in [2.05, 4.69) is 6.92 Å². The van der Waals surface area contributed by atoms with Crippen LogP contribution < -0.4 is 0 Å². The third-order valence-electron chi connectivity index (χ3n) is 4.97. The molecule has 5 nitrogen and oxygen atoms in total. The molecule has 6 heteroatoms. The van der Waals surface area contributed by atoms with Gasteiger partial charge in [0.25, 0.3) is 0 Å². The third kappa shape index (κ3) is 3.91. The molecule has 1 saturated heterocycles. The molecule has 3 heterocycles. The number of aliphatic hydroxyl groups excluding tert-OH is 1. The predicted molar refractivity (Wildman–Crippen MR) is 96.8 cm³/mol. The van der Waals surface area contributed by atoms with Gasteiger partial charge in [-0.25, -0.2) is 8.42 Å². The molecule has 0 saturated carbocycles. The molecule has 2 aliphatic rings. The summed E-state index contributed by atoms with van der Waals surface area (Å²) in [7, 11) is -3.06. The van der Waals surface area contributed by atoms with Gasteiger partial charge in [-0.2, -0.15) is 0 Å². The SMILES string of the molecule is CCC/C(=C\c1ccc(CO)o1)CC[C@H]1OC[C@H]2C1=C(C)CS2(=O)=O. The quantitative estimate of drug-likeness (QED) is 0.750. The normalized spacial score (nSPS) is 25.6. The van der Waals surface area contributed by atoms with E-state index in [9.17, 15) is 8.42 Å². The first-order valence-corrected chi connectivity index (χ1v) is 10.6. The number of ether oxygens (including phenoxy) is 1. The van der Waals surface area contributed by atoms with Gasteiger partial charge in [-0.3, -0.25) is 0 Å². The van der Waals surface area contributed by atoms with Gasteiger partial charge in [0.2, 0.25) is 0 Å². The lowest BCUT2D eigenvalue weighted by atomic mass is 9.96. The molecule has 1 aromatic rings. The van der Waals surface area contributed by atoms with Crippen molar-refractivity contribution >= 4 is 15.9 Å². The van der Waals surface area contributed by atoms with Crippen LogP contribution in [0.2, 0.25) is 0 Å². The van der Waals surface area contributed by atoms with Crippen LogP contribution in [-0.2, 0) is 21.2 Å². The Hall–Kier alpha value is -1.37. The number of furan rings is 1. The van der Waals surface area contributed by atoms with E-state index < -0.39 is 15.1 Å². The molecular formula is C19H26O5S. The van der Waals surface area contributed by atoms with Crippen molar-refractivity contribution in [1.82, 2.24) is 0 Å². The van der Waals surface area contributed by atoms with Crippen LogP contribution in [0.4, 0.5) is 0 Å². The second kappa shape index (κ2) is 7.48. The largest absolute Gasteiger partial charge is 0.459 e. The Labute approximate surface area is 149 Å². The van der Waals surface area contributed by atoms with Crippen molar-refractivity contribution in [3.63, 3.8) is 0 Å². The van der Waals surface area contributed by atoms with Crippen LogP contribution in [0.25, 0.3) is 6.08 Å². The average molecular weight is 366 g/mol. The minimum atomic E-state index is -3.06. The lowest BCUT2D eigenvalue weighted by Crippen LogP contribution is -2.19. The highest BCUT2D eigenvalue weighted by Crippen LogP contribution is 2.38. The summed E-state index contributed by atoms with van der Waals surface area (Å²) in [5.41, 5.74) is 3.22. The van der Waals surface area contributed by atoms with Gasteiger partial charge in [-0.15, -0.1) is 0 Å². The molecule has 0 aromatic carbocycles. The van der Waals surface area contributed by atoms with Crippen molar-refractivity contribution in [3.05, 3.63) is 40.4 Å². The van der Waals surface area contributed by atoms with Gasteiger partial charge in [0.1, 0.15) is 23.4 Å². The van der Waals surface area contributed by atoms with Gasteiger partial charge in [-0.05, 0) is 50.0 Å². The van der Waals surface area contributed by atoms with Crippen LogP contribution >= 0.6 is 0 Å². The van der Waals surface area contributed by atoms with Crippen LogP contribution in [0.1, 0.15) is 51.1 Å². The summed E-state index contributed by atoms with van der Waals surface area (Å²) in [6.45, 7) is 4.24. The summed E-state index contributed by atoms with van der Waals surface area (Å²) in [5, 5.41) is 8.68. The monoisotopic (exact) mass is 366 g/mol. The molecule has 25 heavy (non-hydrogen) atoms. The number of sulfone groups is 1. The van der Waals surface area contributed by atoms with E-state index in [0.29, 0.717) is 12.4 Å². The van der Waals surface area contributed by atoms with Crippen molar-refractivity contribution in [3.8, 4) is 0 Å². The summed E-state index contributed by atoms with van der Waals surface area (Å²) >= 11 is 0. The van der Waals surface area contributed by atoms with E-state index in [4.69, 9.17) is 14.3 Å². The second-order valence-electron chi connectivity index (χ2n) is 6.91. The van der Waals surface area contributed by atoms with Crippen LogP contribution in [0.5, 0.6) is 0 Å². The Bertz CT molecular complexity index is 784. The molecule has 1 aromatic heterocycles. The molecule has 0 amide bonds. The fourth-order valence-electron chi connectivity index (χ4n) is 3.83. The van der Waals surface area contributed by atoms with Crippen LogP contribution in [0, 0.1) is 0 Å². The zero-order chi connectivity index (χ0) is 18.0. The summed E-state index contributed by atoms with van der Waals surface area (Å²) < 4.78 is 35.6. The Morgan fingerprint density at radius 1 is 1.36 bits per heavy atom. The van der Waals surface area contributed by atoms with E-state index in [1.807, 2.05) is 19.1 Å². The summed E-state index contributed by atoms with van der Waals surface area (Å²) in [6, 6.07) is 3.64. The maximum Gasteiger partial charge on any atom is 0.163 e. The Morgan fingerprint density at radius 3 is 2.84 bits per heavy atom. The lowest BCUT2D eigenvalue weighted by Gasteiger charge is -2.14. The van der Waals surface area contributed by atoms with Gasteiger partial charge >= 0.3 is 0 Å². The number of hydrogen-bond acceptors (Lipinski definition) is 5. The number of allylic oxidation sites excluding steroid dienone is 1. The smallest absolute Gasteiger partial charge is 0.163 e. The fourth-order valence-corrected chi connectivity index (χ4v) is 5.82. The van der Waals surface area contributed by atoms with E-state index in [-0.39, 0.29) is 18.5 Å². The highest BCUT2D eigenvalue weighted by atomic mass is 32.2. The minimum absolute atomic E-state index is 0.0906. The standard InChI is InChI=1S/C19H26O5S/c1-3-4-14(9-15-6-7-16(10-20)24-15)5-8-17-19-13(2)12-25(21,22)18(19)11-23-17/h6-7,9,17-18,20H,3-5,8,10-12H2,1-2H3/b14-9+/t17-,18+/m1/s1. The van der Waals surface area contributed by atoms with Crippen molar-refractivity contribution < 1.29 is 22.7 Å². The highest BCUT2D eigenvalue weighted by Gasteiger charge is 2.45. The van der Waals surface area contributed by atoms with Gasteiger partial charge in [-0.1, -0.05) is 24.5 Å². The van der Waals surface area contributed by atoms with E-state index in [1.165, 1.54) is 5.57 Å². The molecule has 1 fully saturated rings. The molecule has 0 radical (unpaired) electrons. The molecule has 3 rings (SSSR count). The molecule has 2 atom stereocenters. The fraction of sp³-hybridized carbons (Fsp3) is 0.579. The van der Waals surface area contributed by atoms with Gasteiger partial charge in [0.15, 0.2) is 9.84 Å². The maximum atomic E-state index is 12.1. The molecule has 0 bridgehead atoms. The lowest BCUT2D eigenvalue weighted by molar-refractivity contribution is 0.117. The predicted octanol–water partition coefficient (Wildman–Crippen LogP) is 3.25. The van der Waals surface area contributed by atoms with Crippen molar-refractivity contribution in [1.29, 1.82) is 0 Å². The molecule has 138 valence electrons. The molecule has 0 unspecified atom stereocenters. The summed E-state index contributed by atoms with van der Waals surface area (Å²) in [5.74, 6) is 1.48. The Morgan fingerprint density at radius 2 is 2.16 bits per heavy atom. The average Bonchev–Trinajstić information content (AvgIpc) is 3.23. The van der Waals surface area contributed by atoms with Crippen LogP contribution in [0.15, 0.2) is 33.3 Å². The molecular weight excluding hydrogens is 340 g/mol. The summed E-state index contributed by atoms with van der Waals surface area (Å²) in [6.07, 6.45) is 5.56. The topological polar surface area (TPSA) is 76.7 Å². The van der Waals surface area contributed by atoms with E-state index in [1.54, 1.807) is 6.07 Å². The number of aliphatic hydroxyl groups is 1. The van der Waals surface area contributed by atoms with Crippen molar-refractivity contribution in [2.24, 2.45) is 0 Å². The van der Waals surface area contributed by atoms with E-state index in [0.717, 1.165) is 42.6 Å². The number of hydrogen-bond donors (Lipinski definition) is 1. The van der Waals surface area contributed by atoms with Gasteiger partial charge in [0.05, 0.1) is 18.5 Å². The molecule has 2 aliphatic heterocycles. The zero-order valence-corrected chi connectivity index (χ0v) is 15.6. The minimum Gasteiger partial charge on any atom is -0.459 e. The third-order valence-corrected chi connectivity index (χ3v) is 7.06. The van der Waals surface area contributed by atoms with Gasteiger partial charge in [0, 0.05) is 0 Å². The van der Waals surface area contributed by atoms with Gasteiger partial charge < -0.3 is 14.3 Å². The van der Waals surface area contributed by atoms with Crippen molar-refractivity contribution in [2.45, 2.75) is 57.5 Å². The molecule has 0 aliphatic carbocycles. The Kier molecular flexibility index (Phi) is 5.51. The maximum absolute atomic E-state index is 12.1. The number of fused-ring (bicyclic) bond motifs is 1. The first-order valence-electron chi connectivity index (χ1n) is 8.86. The molecule has 1 N–H and O–H groups in total. The highest BCUT2D eigenvalue weighted by molar-refractivity contribution is 7.92. The number of rotatable bonds is 7. The zero-order valence-electron chi connectivity index (χ0n) is 14.8. The summed E-state index contributed by atoms with van der Waals surface area (Å²) in [4.78, 5) is 0. The Balaban J connectivity index is 1.69. The van der Waals surface area contributed by atoms with E-state index >= 15 is 0 Å².